The number of aryl methyl sites for hydroxylation is 1. The van der Waals surface area contributed by atoms with Crippen LogP contribution >= 0.6 is 0 Å². The van der Waals surface area contributed by atoms with Crippen molar-refractivity contribution in [2.75, 3.05) is 6.54 Å². The van der Waals surface area contributed by atoms with Gasteiger partial charge in [-0.1, -0.05) is 24.3 Å². The smallest absolute Gasteiger partial charge is 0.0543 e. The number of nitrogens with zero attached hydrogens (tertiary/aromatic N) is 2. The average Bonchev–Trinajstić information content (AvgIpc) is 2.85. The third-order valence-corrected chi connectivity index (χ3v) is 3.48. The van der Waals surface area contributed by atoms with Crippen LogP contribution in [0.4, 0.5) is 0 Å². The fourth-order valence-corrected chi connectivity index (χ4v) is 2.16. The summed E-state index contributed by atoms with van der Waals surface area (Å²) in [6.07, 6.45) is 5.15. The highest BCUT2D eigenvalue weighted by Crippen LogP contribution is 2.13. The second-order valence-corrected chi connectivity index (χ2v) is 6.32. The molecule has 108 valence electrons. The predicted molar refractivity (Wildman–Crippen MR) is 83.8 cm³/mol. The molecule has 2 rings (SSSR count). The van der Waals surface area contributed by atoms with Crippen LogP contribution in [0.1, 0.15) is 37.5 Å². The Kier molecular flexibility index (Phi) is 4.61. The van der Waals surface area contributed by atoms with E-state index in [1.165, 1.54) is 16.7 Å². The number of hydrogen-bond donors (Lipinski definition) is 1. The second kappa shape index (κ2) is 6.23. The van der Waals surface area contributed by atoms with E-state index in [9.17, 15) is 0 Å². The zero-order chi connectivity index (χ0) is 14.6. The maximum Gasteiger partial charge on any atom is 0.0543 e. The van der Waals surface area contributed by atoms with Crippen molar-refractivity contribution in [3.05, 3.63) is 53.3 Å². The third kappa shape index (κ3) is 3.94. The molecule has 20 heavy (non-hydrogen) atoms. The Morgan fingerprint density at radius 3 is 2.60 bits per heavy atom. The summed E-state index contributed by atoms with van der Waals surface area (Å²) in [5.74, 6) is 0. The molecule has 0 amide bonds. The third-order valence-electron chi connectivity index (χ3n) is 3.48. The van der Waals surface area contributed by atoms with Gasteiger partial charge in [0.2, 0.25) is 0 Å². The monoisotopic (exact) mass is 271 g/mol. The van der Waals surface area contributed by atoms with Crippen LogP contribution in [0.25, 0.3) is 0 Å². The van der Waals surface area contributed by atoms with Crippen molar-refractivity contribution in [1.29, 1.82) is 0 Å². The van der Waals surface area contributed by atoms with Gasteiger partial charge in [0.15, 0.2) is 0 Å². The summed E-state index contributed by atoms with van der Waals surface area (Å²) < 4.78 is 2.02. The summed E-state index contributed by atoms with van der Waals surface area (Å²) in [7, 11) is 0. The van der Waals surface area contributed by atoms with E-state index in [1.807, 2.05) is 10.9 Å². The molecule has 0 atom stereocenters. The average molecular weight is 271 g/mol. The molecule has 0 aliphatic heterocycles. The molecule has 1 N–H and O–H groups in total. The van der Waals surface area contributed by atoms with Gasteiger partial charge in [0.05, 0.1) is 11.7 Å². The molecule has 0 saturated carbocycles. The van der Waals surface area contributed by atoms with E-state index >= 15 is 0 Å². The zero-order valence-corrected chi connectivity index (χ0v) is 13.0. The molecule has 3 heteroatoms. The van der Waals surface area contributed by atoms with Crippen LogP contribution in [0.15, 0.2) is 36.7 Å². The van der Waals surface area contributed by atoms with Gasteiger partial charge >= 0.3 is 0 Å². The number of benzene rings is 1. The Morgan fingerprint density at radius 1 is 1.20 bits per heavy atom. The molecule has 1 aromatic heterocycles. The van der Waals surface area contributed by atoms with Crippen LogP contribution in [0.2, 0.25) is 0 Å². The molecule has 0 spiro atoms. The Labute approximate surface area is 122 Å². The molecule has 0 unspecified atom stereocenters. The molecule has 2 aromatic rings. The van der Waals surface area contributed by atoms with Gasteiger partial charge in [-0.25, -0.2) is 0 Å². The van der Waals surface area contributed by atoms with Gasteiger partial charge in [-0.05, 0) is 51.8 Å². The fourth-order valence-electron chi connectivity index (χ4n) is 2.16. The van der Waals surface area contributed by atoms with Gasteiger partial charge in [0.1, 0.15) is 0 Å². The van der Waals surface area contributed by atoms with Crippen molar-refractivity contribution in [1.82, 2.24) is 15.1 Å². The minimum atomic E-state index is 0.0550. The molecule has 0 fully saturated rings. The topological polar surface area (TPSA) is 29.9 Å². The highest BCUT2D eigenvalue weighted by molar-refractivity contribution is 5.25. The van der Waals surface area contributed by atoms with Crippen LogP contribution in [0.5, 0.6) is 0 Å². The van der Waals surface area contributed by atoms with E-state index in [4.69, 9.17) is 0 Å². The first-order valence-electron chi connectivity index (χ1n) is 7.26. The number of nitrogens with one attached hydrogen (secondary N) is 1. The zero-order valence-electron chi connectivity index (χ0n) is 13.0. The van der Waals surface area contributed by atoms with Gasteiger partial charge in [-0.3, -0.25) is 4.68 Å². The minimum Gasteiger partial charge on any atom is -0.312 e. The number of rotatable bonds is 5. The number of aromatic nitrogens is 2. The van der Waals surface area contributed by atoms with Crippen LogP contribution < -0.4 is 5.32 Å². The van der Waals surface area contributed by atoms with Gasteiger partial charge < -0.3 is 5.32 Å². The van der Waals surface area contributed by atoms with Crippen molar-refractivity contribution in [2.24, 2.45) is 0 Å². The quantitative estimate of drug-likeness (QED) is 0.846. The first kappa shape index (κ1) is 14.8. The molecular formula is C17H25N3. The molecule has 0 bridgehead atoms. The van der Waals surface area contributed by atoms with Crippen molar-refractivity contribution in [3.63, 3.8) is 0 Å². The van der Waals surface area contributed by atoms with Crippen molar-refractivity contribution in [3.8, 4) is 0 Å². The van der Waals surface area contributed by atoms with Crippen LogP contribution in [-0.2, 0) is 18.5 Å². The molecule has 0 radical (unpaired) electrons. The Morgan fingerprint density at radius 2 is 1.95 bits per heavy atom. The molecule has 0 aliphatic carbocycles. The predicted octanol–water partition coefficient (Wildman–Crippen LogP) is 3.28. The van der Waals surface area contributed by atoms with E-state index in [0.717, 1.165) is 19.5 Å². The Hall–Kier alpha value is -1.61. The van der Waals surface area contributed by atoms with E-state index < -0.39 is 0 Å². The molecule has 3 nitrogen and oxygen atoms in total. The van der Waals surface area contributed by atoms with Crippen molar-refractivity contribution in [2.45, 2.75) is 46.2 Å². The van der Waals surface area contributed by atoms with E-state index in [-0.39, 0.29) is 5.54 Å². The highest BCUT2D eigenvalue weighted by Gasteiger charge is 2.13. The van der Waals surface area contributed by atoms with Gasteiger partial charge in [-0.15, -0.1) is 0 Å². The standard InChI is InChI=1S/C17H25N3/c1-14-7-5-6-8-16(14)9-10-18-11-15-12-19-20(13-15)17(2,3)4/h5-8,12-13,18H,9-11H2,1-4H3. The maximum absolute atomic E-state index is 4.42. The second-order valence-electron chi connectivity index (χ2n) is 6.32. The lowest BCUT2D eigenvalue weighted by atomic mass is 10.1. The van der Waals surface area contributed by atoms with Gasteiger partial charge in [0, 0.05) is 18.3 Å². The van der Waals surface area contributed by atoms with Gasteiger partial charge in [0.25, 0.3) is 0 Å². The van der Waals surface area contributed by atoms with E-state index in [2.05, 4.69) is 68.6 Å². The highest BCUT2D eigenvalue weighted by atomic mass is 15.3. The fraction of sp³-hybridized carbons (Fsp3) is 0.471. The lowest BCUT2D eigenvalue weighted by Gasteiger charge is -2.18. The Bertz CT molecular complexity index is 549. The summed E-state index contributed by atoms with van der Waals surface area (Å²) in [4.78, 5) is 0. The summed E-state index contributed by atoms with van der Waals surface area (Å²) in [5, 5.41) is 7.90. The molecule has 0 aliphatic rings. The van der Waals surface area contributed by atoms with Crippen LogP contribution in [0, 0.1) is 6.92 Å². The maximum atomic E-state index is 4.42. The lowest BCUT2D eigenvalue weighted by Crippen LogP contribution is -2.22. The van der Waals surface area contributed by atoms with Crippen LogP contribution in [0.3, 0.4) is 0 Å². The first-order chi connectivity index (χ1) is 9.47. The Balaban J connectivity index is 1.79. The van der Waals surface area contributed by atoms with Crippen molar-refractivity contribution >= 4 is 0 Å². The first-order valence-corrected chi connectivity index (χ1v) is 7.26. The molecule has 1 aromatic carbocycles. The SMILES string of the molecule is Cc1ccccc1CCNCc1cnn(C(C)(C)C)c1. The lowest BCUT2D eigenvalue weighted by molar-refractivity contribution is 0.355. The van der Waals surface area contributed by atoms with E-state index in [1.54, 1.807) is 0 Å². The summed E-state index contributed by atoms with van der Waals surface area (Å²) >= 11 is 0. The van der Waals surface area contributed by atoms with Crippen LogP contribution in [-0.4, -0.2) is 16.3 Å². The molecule has 0 saturated heterocycles. The largest absolute Gasteiger partial charge is 0.312 e. The normalized spacial score (nSPS) is 11.8. The van der Waals surface area contributed by atoms with Gasteiger partial charge in [-0.2, -0.15) is 5.10 Å². The van der Waals surface area contributed by atoms with E-state index in [0.29, 0.717) is 0 Å². The molecular weight excluding hydrogens is 246 g/mol. The molecule has 1 heterocycles. The van der Waals surface area contributed by atoms with Crippen molar-refractivity contribution < 1.29 is 0 Å². The minimum absolute atomic E-state index is 0.0550. The number of hydrogen-bond acceptors (Lipinski definition) is 2. The summed E-state index contributed by atoms with van der Waals surface area (Å²) in [5.41, 5.74) is 4.09. The summed E-state index contributed by atoms with van der Waals surface area (Å²) in [6, 6.07) is 8.57. The summed E-state index contributed by atoms with van der Waals surface area (Å²) in [6.45, 7) is 10.5.